The second-order valence-corrected chi connectivity index (χ2v) is 5.62. The molecule has 0 N–H and O–H groups in total. The predicted octanol–water partition coefficient (Wildman–Crippen LogP) is 2.72. The number of methoxy groups -OCH3 is 1. The second-order valence-electron chi connectivity index (χ2n) is 5.62. The molecule has 1 fully saturated rings. The summed E-state index contributed by atoms with van der Waals surface area (Å²) in [6, 6.07) is 10.3. The van der Waals surface area contributed by atoms with Crippen LogP contribution in [0.15, 0.2) is 47.6 Å². The molecule has 1 saturated heterocycles. The van der Waals surface area contributed by atoms with E-state index in [2.05, 4.69) is 5.10 Å². The maximum Gasteiger partial charge on any atom is 0.343 e. The molecule has 0 amide bonds. The Kier molecular flexibility index (Phi) is 5.80. The number of nitrogens with zero attached hydrogens (tertiary/aromatic N) is 2. The number of morpholine rings is 1. The number of halogens is 1. The van der Waals surface area contributed by atoms with Crippen LogP contribution in [0.4, 0.5) is 4.39 Å². The zero-order valence-corrected chi connectivity index (χ0v) is 14.4. The van der Waals surface area contributed by atoms with Gasteiger partial charge >= 0.3 is 5.97 Å². The van der Waals surface area contributed by atoms with Crippen LogP contribution in [0.1, 0.15) is 15.9 Å². The summed E-state index contributed by atoms with van der Waals surface area (Å²) in [4.78, 5) is 12.2. The highest BCUT2D eigenvalue weighted by Crippen LogP contribution is 2.28. The molecule has 0 radical (unpaired) electrons. The van der Waals surface area contributed by atoms with Crippen molar-refractivity contribution in [2.24, 2.45) is 5.10 Å². The van der Waals surface area contributed by atoms with E-state index in [0.717, 1.165) is 18.7 Å². The molecule has 0 spiro atoms. The van der Waals surface area contributed by atoms with Gasteiger partial charge in [0.1, 0.15) is 5.82 Å². The Morgan fingerprint density at radius 1 is 1.15 bits per heavy atom. The quantitative estimate of drug-likeness (QED) is 0.467. The Hall–Kier alpha value is -2.93. The van der Waals surface area contributed by atoms with Gasteiger partial charge in [0.05, 0.1) is 45.2 Å². The lowest BCUT2D eigenvalue weighted by Crippen LogP contribution is -2.32. The van der Waals surface area contributed by atoms with E-state index in [-0.39, 0.29) is 11.3 Å². The average molecular weight is 358 g/mol. The number of benzene rings is 2. The van der Waals surface area contributed by atoms with Crippen molar-refractivity contribution in [2.75, 3.05) is 33.4 Å². The number of hydrazone groups is 1. The molecular formula is C19H19FN2O4. The lowest BCUT2D eigenvalue weighted by Gasteiger charge is -2.23. The largest absolute Gasteiger partial charge is 0.493 e. The summed E-state index contributed by atoms with van der Waals surface area (Å²) in [5.41, 5.74) is 1.07. The number of hydrogen-bond donors (Lipinski definition) is 0. The second kappa shape index (κ2) is 8.44. The average Bonchev–Trinajstić information content (AvgIpc) is 2.68. The molecule has 6 nitrogen and oxygen atoms in total. The van der Waals surface area contributed by atoms with Crippen molar-refractivity contribution in [3.05, 3.63) is 59.4 Å². The van der Waals surface area contributed by atoms with Gasteiger partial charge < -0.3 is 14.2 Å². The molecule has 1 heterocycles. The zero-order valence-electron chi connectivity index (χ0n) is 14.4. The first-order valence-corrected chi connectivity index (χ1v) is 8.18. The Labute approximate surface area is 150 Å². The van der Waals surface area contributed by atoms with E-state index in [4.69, 9.17) is 14.2 Å². The van der Waals surface area contributed by atoms with Crippen molar-refractivity contribution in [1.82, 2.24) is 5.01 Å². The van der Waals surface area contributed by atoms with Gasteiger partial charge in [-0.05, 0) is 48.0 Å². The van der Waals surface area contributed by atoms with Crippen LogP contribution in [-0.2, 0) is 4.74 Å². The number of hydrogen-bond acceptors (Lipinski definition) is 6. The zero-order chi connectivity index (χ0) is 18.4. The minimum Gasteiger partial charge on any atom is -0.493 e. The molecule has 0 saturated carbocycles. The molecule has 0 aromatic heterocycles. The van der Waals surface area contributed by atoms with Crippen molar-refractivity contribution in [2.45, 2.75) is 0 Å². The van der Waals surface area contributed by atoms with E-state index in [9.17, 15) is 9.18 Å². The molecule has 1 aliphatic heterocycles. The summed E-state index contributed by atoms with van der Waals surface area (Å²) < 4.78 is 28.9. The highest BCUT2D eigenvalue weighted by atomic mass is 19.1. The molecule has 26 heavy (non-hydrogen) atoms. The van der Waals surface area contributed by atoms with Crippen LogP contribution in [0.3, 0.4) is 0 Å². The highest BCUT2D eigenvalue weighted by Gasteiger charge is 2.13. The van der Waals surface area contributed by atoms with Crippen molar-refractivity contribution in [3.63, 3.8) is 0 Å². The third-order valence-electron chi connectivity index (χ3n) is 3.83. The van der Waals surface area contributed by atoms with E-state index >= 15 is 0 Å². The summed E-state index contributed by atoms with van der Waals surface area (Å²) in [7, 11) is 1.49. The van der Waals surface area contributed by atoms with Gasteiger partial charge in [-0.25, -0.2) is 9.18 Å². The fourth-order valence-electron chi connectivity index (χ4n) is 2.41. The van der Waals surface area contributed by atoms with Crippen molar-refractivity contribution in [3.8, 4) is 11.5 Å². The van der Waals surface area contributed by atoms with Gasteiger partial charge in [0.25, 0.3) is 0 Å². The first-order chi connectivity index (χ1) is 12.7. The van der Waals surface area contributed by atoms with Gasteiger partial charge in [0.2, 0.25) is 0 Å². The summed E-state index contributed by atoms with van der Waals surface area (Å²) in [5.74, 6) is -0.308. The Morgan fingerprint density at radius 3 is 2.58 bits per heavy atom. The fraction of sp³-hybridized carbons (Fsp3) is 0.263. The van der Waals surface area contributed by atoms with Gasteiger partial charge in [-0.2, -0.15) is 5.10 Å². The van der Waals surface area contributed by atoms with Crippen LogP contribution in [0.25, 0.3) is 0 Å². The molecule has 3 rings (SSSR count). The van der Waals surface area contributed by atoms with E-state index in [0.29, 0.717) is 19.0 Å². The SMILES string of the molecule is COc1cc(/C=N\N2CCOCC2)ccc1OC(=O)c1ccc(F)cc1. The molecule has 1 aliphatic rings. The molecule has 2 aromatic rings. The smallest absolute Gasteiger partial charge is 0.343 e. The Bertz CT molecular complexity index is 787. The molecule has 0 bridgehead atoms. The number of rotatable bonds is 5. The van der Waals surface area contributed by atoms with Crippen LogP contribution in [0.5, 0.6) is 11.5 Å². The van der Waals surface area contributed by atoms with Crippen LogP contribution >= 0.6 is 0 Å². The van der Waals surface area contributed by atoms with Gasteiger partial charge in [0.15, 0.2) is 11.5 Å². The van der Waals surface area contributed by atoms with Gasteiger partial charge in [-0.15, -0.1) is 0 Å². The van der Waals surface area contributed by atoms with Crippen LogP contribution in [0, 0.1) is 5.82 Å². The van der Waals surface area contributed by atoms with Crippen LogP contribution < -0.4 is 9.47 Å². The molecule has 0 atom stereocenters. The third kappa shape index (κ3) is 4.58. The topological polar surface area (TPSA) is 60.4 Å². The maximum atomic E-state index is 13.0. The monoisotopic (exact) mass is 358 g/mol. The summed E-state index contributed by atoms with van der Waals surface area (Å²) in [6.45, 7) is 2.83. The molecule has 2 aromatic carbocycles. The van der Waals surface area contributed by atoms with E-state index in [1.807, 2.05) is 5.01 Å². The van der Waals surface area contributed by atoms with E-state index in [1.54, 1.807) is 24.4 Å². The Balaban J connectivity index is 1.70. The number of esters is 1. The maximum absolute atomic E-state index is 13.0. The minimum atomic E-state index is -0.585. The van der Waals surface area contributed by atoms with Crippen LogP contribution in [-0.4, -0.2) is 50.6 Å². The van der Waals surface area contributed by atoms with Crippen molar-refractivity contribution < 1.29 is 23.4 Å². The Morgan fingerprint density at radius 2 is 1.88 bits per heavy atom. The fourth-order valence-corrected chi connectivity index (χ4v) is 2.41. The molecule has 136 valence electrons. The summed E-state index contributed by atoms with van der Waals surface area (Å²) >= 11 is 0. The van der Waals surface area contributed by atoms with E-state index in [1.165, 1.54) is 31.4 Å². The number of carbonyl (C=O) groups excluding carboxylic acids is 1. The number of carbonyl (C=O) groups is 1. The summed E-state index contributed by atoms with van der Waals surface area (Å²) in [6.07, 6.45) is 1.72. The van der Waals surface area contributed by atoms with Crippen molar-refractivity contribution in [1.29, 1.82) is 0 Å². The lowest BCUT2D eigenvalue weighted by molar-refractivity contribution is 0.0397. The summed E-state index contributed by atoms with van der Waals surface area (Å²) in [5, 5.41) is 6.33. The van der Waals surface area contributed by atoms with E-state index < -0.39 is 11.8 Å². The lowest BCUT2D eigenvalue weighted by atomic mass is 10.2. The first kappa shape index (κ1) is 17.9. The predicted molar refractivity (Wildman–Crippen MR) is 94.3 cm³/mol. The first-order valence-electron chi connectivity index (χ1n) is 8.18. The number of ether oxygens (including phenoxy) is 3. The molecular weight excluding hydrogens is 339 g/mol. The van der Waals surface area contributed by atoms with Gasteiger partial charge in [-0.1, -0.05) is 0 Å². The standard InChI is InChI=1S/C19H19FN2O4/c1-24-18-12-14(13-21-22-8-10-25-11-9-22)2-7-17(18)26-19(23)15-3-5-16(20)6-4-15/h2-7,12-13H,8-11H2,1H3/b21-13-. The van der Waals surface area contributed by atoms with Gasteiger partial charge in [-0.3, -0.25) is 5.01 Å². The molecule has 0 aliphatic carbocycles. The minimum absolute atomic E-state index is 0.256. The normalized spacial score (nSPS) is 14.5. The third-order valence-corrected chi connectivity index (χ3v) is 3.83. The molecule has 0 unspecified atom stereocenters. The highest BCUT2D eigenvalue weighted by molar-refractivity contribution is 5.91. The molecule has 7 heteroatoms. The van der Waals surface area contributed by atoms with Crippen LogP contribution in [0.2, 0.25) is 0 Å². The van der Waals surface area contributed by atoms with Gasteiger partial charge in [0, 0.05) is 0 Å². The van der Waals surface area contributed by atoms with Crippen molar-refractivity contribution >= 4 is 12.2 Å².